The molecule has 8 heteroatoms. The van der Waals surface area contributed by atoms with Crippen molar-refractivity contribution in [2.24, 2.45) is 0 Å². The first-order chi connectivity index (χ1) is 13.1. The summed E-state index contributed by atoms with van der Waals surface area (Å²) < 4.78 is 6.29. The van der Waals surface area contributed by atoms with Gasteiger partial charge in [-0.25, -0.2) is 4.79 Å². The normalized spacial score (nSPS) is 16.5. The second kappa shape index (κ2) is 7.70. The lowest BCUT2D eigenvalue weighted by Crippen LogP contribution is -2.34. The number of halogens is 2. The Bertz CT molecular complexity index is 960. The number of para-hydroxylation sites is 1. The number of aromatic nitrogens is 2. The summed E-state index contributed by atoms with van der Waals surface area (Å²) in [7, 11) is 0. The SMILES string of the molecule is O=C(Nc1ccccc1Br)N1CCCC1c1nc(-c2ccc(Cl)cc2)no1. The van der Waals surface area contributed by atoms with E-state index in [0.717, 1.165) is 28.6 Å². The minimum Gasteiger partial charge on any atom is -0.337 e. The van der Waals surface area contributed by atoms with Gasteiger partial charge in [0.05, 0.1) is 5.69 Å². The summed E-state index contributed by atoms with van der Waals surface area (Å²) in [6.07, 6.45) is 1.67. The van der Waals surface area contributed by atoms with E-state index in [4.69, 9.17) is 16.1 Å². The summed E-state index contributed by atoms with van der Waals surface area (Å²) >= 11 is 9.36. The highest BCUT2D eigenvalue weighted by Gasteiger charge is 2.34. The molecule has 0 saturated carbocycles. The monoisotopic (exact) mass is 446 g/mol. The van der Waals surface area contributed by atoms with Crippen molar-refractivity contribution in [2.75, 3.05) is 11.9 Å². The van der Waals surface area contributed by atoms with Crippen LogP contribution in [-0.4, -0.2) is 27.6 Å². The average molecular weight is 448 g/mol. The molecule has 1 aromatic heterocycles. The van der Waals surface area contributed by atoms with Crippen LogP contribution in [0.25, 0.3) is 11.4 Å². The van der Waals surface area contributed by atoms with E-state index in [1.165, 1.54) is 0 Å². The molecule has 1 N–H and O–H groups in total. The summed E-state index contributed by atoms with van der Waals surface area (Å²) in [6, 6.07) is 14.3. The molecule has 1 atom stereocenters. The highest BCUT2D eigenvalue weighted by atomic mass is 79.9. The van der Waals surface area contributed by atoms with Gasteiger partial charge in [0.25, 0.3) is 0 Å². The predicted molar refractivity (Wildman–Crippen MR) is 107 cm³/mol. The van der Waals surface area contributed by atoms with Crippen molar-refractivity contribution in [3.63, 3.8) is 0 Å². The van der Waals surface area contributed by atoms with E-state index >= 15 is 0 Å². The van der Waals surface area contributed by atoms with Crippen LogP contribution < -0.4 is 5.32 Å². The number of nitrogens with zero attached hydrogens (tertiary/aromatic N) is 3. The third-order valence-corrected chi connectivity index (χ3v) is 5.40. The molecule has 6 nitrogen and oxygen atoms in total. The van der Waals surface area contributed by atoms with Gasteiger partial charge in [0.2, 0.25) is 11.7 Å². The number of urea groups is 1. The molecule has 0 aliphatic carbocycles. The average Bonchev–Trinajstić information content (AvgIpc) is 3.33. The van der Waals surface area contributed by atoms with Crippen molar-refractivity contribution in [3.8, 4) is 11.4 Å². The predicted octanol–water partition coefficient (Wildman–Crippen LogP) is 5.52. The second-order valence-electron chi connectivity index (χ2n) is 6.22. The number of anilines is 1. The molecular formula is C19H16BrClN4O2. The third kappa shape index (κ3) is 3.84. The Morgan fingerprint density at radius 2 is 2.00 bits per heavy atom. The van der Waals surface area contributed by atoms with Crippen LogP contribution in [0.2, 0.25) is 5.02 Å². The van der Waals surface area contributed by atoms with Crippen molar-refractivity contribution in [3.05, 3.63) is 63.9 Å². The summed E-state index contributed by atoms with van der Waals surface area (Å²) in [5.74, 6) is 0.930. The van der Waals surface area contributed by atoms with Gasteiger partial charge >= 0.3 is 6.03 Å². The van der Waals surface area contributed by atoms with E-state index in [2.05, 4.69) is 31.4 Å². The van der Waals surface area contributed by atoms with Crippen LogP contribution >= 0.6 is 27.5 Å². The van der Waals surface area contributed by atoms with Crippen LogP contribution in [0.3, 0.4) is 0 Å². The van der Waals surface area contributed by atoms with Crippen LogP contribution in [0.4, 0.5) is 10.5 Å². The van der Waals surface area contributed by atoms with E-state index in [-0.39, 0.29) is 12.1 Å². The number of carbonyl (C=O) groups excluding carboxylic acids is 1. The zero-order chi connectivity index (χ0) is 18.8. The minimum atomic E-state index is -0.235. The van der Waals surface area contributed by atoms with Crippen molar-refractivity contribution in [1.82, 2.24) is 15.0 Å². The van der Waals surface area contributed by atoms with Gasteiger partial charge in [-0.15, -0.1) is 0 Å². The van der Waals surface area contributed by atoms with Crippen LogP contribution in [0.5, 0.6) is 0 Å². The molecule has 1 unspecified atom stereocenters. The molecule has 1 fully saturated rings. The number of likely N-dealkylation sites (tertiary alicyclic amines) is 1. The van der Waals surface area contributed by atoms with Gasteiger partial charge < -0.3 is 14.7 Å². The molecule has 3 aromatic rings. The Hall–Kier alpha value is -2.38. The van der Waals surface area contributed by atoms with E-state index in [1.54, 1.807) is 17.0 Å². The first-order valence-corrected chi connectivity index (χ1v) is 9.70. The molecule has 0 spiro atoms. The first kappa shape index (κ1) is 18.0. The van der Waals surface area contributed by atoms with Crippen LogP contribution in [0, 0.1) is 0 Å². The molecule has 4 rings (SSSR count). The topological polar surface area (TPSA) is 71.3 Å². The summed E-state index contributed by atoms with van der Waals surface area (Å²) in [4.78, 5) is 19.0. The maximum Gasteiger partial charge on any atom is 0.322 e. The lowest BCUT2D eigenvalue weighted by atomic mass is 10.2. The van der Waals surface area contributed by atoms with Gasteiger partial charge in [0.15, 0.2) is 0 Å². The number of carbonyl (C=O) groups is 1. The van der Waals surface area contributed by atoms with E-state index in [1.807, 2.05) is 36.4 Å². The van der Waals surface area contributed by atoms with E-state index in [9.17, 15) is 4.79 Å². The Morgan fingerprint density at radius 1 is 1.22 bits per heavy atom. The molecule has 0 radical (unpaired) electrons. The third-order valence-electron chi connectivity index (χ3n) is 4.46. The Labute approximate surface area is 169 Å². The number of nitrogens with one attached hydrogen (secondary N) is 1. The van der Waals surface area contributed by atoms with Crippen molar-refractivity contribution in [1.29, 1.82) is 0 Å². The van der Waals surface area contributed by atoms with Crippen molar-refractivity contribution in [2.45, 2.75) is 18.9 Å². The number of rotatable bonds is 3. The molecule has 27 heavy (non-hydrogen) atoms. The maximum absolute atomic E-state index is 12.8. The second-order valence-corrected chi connectivity index (χ2v) is 7.52. The molecular weight excluding hydrogens is 432 g/mol. The highest BCUT2D eigenvalue weighted by molar-refractivity contribution is 9.10. The summed E-state index contributed by atoms with van der Waals surface area (Å²) in [6.45, 7) is 0.639. The molecule has 0 bridgehead atoms. The number of hydrogen-bond donors (Lipinski definition) is 1. The quantitative estimate of drug-likeness (QED) is 0.574. The fourth-order valence-corrected chi connectivity index (χ4v) is 3.61. The molecule has 2 heterocycles. The first-order valence-electron chi connectivity index (χ1n) is 8.53. The molecule has 1 aliphatic heterocycles. The number of hydrogen-bond acceptors (Lipinski definition) is 4. The van der Waals surface area contributed by atoms with Gasteiger partial charge in [0.1, 0.15) is 6.04 Å². The number of amides is 2. The van der Waals surface area contributed by atoms with Gasteiger partial charge in [-0.05, 0) is 65.2 Å². The van der Waals surface area contributed by atoms with Gasteiger partial charge in [-0.1, -0.05) is 28.9 Å². The lowest BCUT2D eigenvalue weighted by molar-refractivity contribution is 0.193. The van der Waals surface area contributed by atoms with Crippen LogP contribution in [-0.2, 0) is 0 Å². The largest absolute Gasteiger partial charge is 0.337 e. The molecule has 2 amide bonds. The van der Waals surface area contributed by atoms with E-state index < -0.39 is 0 Å². The zero-order valence-corrected chi connectivity index (χ0v) is 16.6. The van der Waals surface area contributed by atoms with Gasteiger partial charge in [0, 0.05) is 21.6 Å². The molecule has 1 saturated heterocycles. The van der Waals surface area contributed by atoms with Gasteiger partial charge in [-0.3, -0.25) is 0 Å². The zero-order valence-electron chi connectivity index (χ0n) is 14.2. The summed E-state index contributed by atoms with van der Waals surface area (Å²) in [5.41, 5.74) is 1.54. The maximum atomic E-state index is 12.8. The van der Waals surface area contributed by atoms with Crippen LogP contribution in [0.15, 0.2) is 57.5 Å². The number of benzene rings is 2. The summed E-state index contributed by atoms with van der Waals surface area (Å²) in [5, 5.41) is 7.64. The van der Waals surface area contributed by atoms with E-state index in [0.29, 0.717) is 23.3 Å². The molecule has 2 aromatic carbocycles. The fraction of sp³-hybridized carbons (Fsp3) is 0.211. The smallest absolute Gasteiger partial charge is 0.322 e. The molecule has 1 aliphatic rings. The lowest BCUT2D eigenvalue weighted by Gasteiger charge is -2.22. The Balaban J connectivity index is 1.52. The standard InChI is InChI=1S/C19H16BrClN4O2/c20-14-4-1-2-5-15(14)22-19(26)25-11-3-6-16(25)18-23-17(24-27-18)12-7-9-13(21)10-8-12/h1-2,4-5,7-10,16H,3,6,11H2,(H,22,26). The Kier molecular flexibility index (Phi) is 5.13. The minimum absolute atomic E-state index is 0.185. The molecule has 138 valence electrons. The van der Waals surface area contributed by atoms with Gasteiger partial charge in [-0.2, -0.15) is 4.98 Å². The fourth-order valence-electron chi connectivity index (χ4n) is 3.10. The van der Waals surface area contributed by atoms with Crippen molar-refractivity contribution >= 4 is 39.2 Å². The highest BCUT2D eigenvalue weighted by Crippen LogP contribution is 2.33. The van der Waals surface area contributed by atoms with Crippen molar-refractivity contribution < 1.29 is 9.32 Å². The van der Waals surface area contributed by atoms with Crippen LogP contribution in [0.1, 0.15) is 24.8 Å². The Morgan fingerprint density at radius 3 is 2.78 bits per heavy atom.